The summed E-state index contributed by atoms with van der Waals surface area (Å²) in [7, 11) is 0. The lowest BCUT2D eigenvalue weighted by Crippen LogP contribution is -1.86. The third kappa shape index (κ3) is 1.24. The molecule has 66 valence electrons. The van der Waals surface area contributed by atoms with E-state index in [2.05, 4.69) is 18.0 Å². The molecular weight excluding hydrogens is 162 g/mol. The summed E-state index contributed by atoms with van der Waals surface area (Å²) in [5, 5.41) is 1.21. The number of fused-ring (bicyclic) bond motifs is 1. The molecule has 0 fully saturated rings. The van der Waals surface area contributed by atoms with E-state index >= 15 is 0 Å². The lowest BCUT2D eigenvalue weighted by Gasteiger charge is -1.97. The zero-order valence-corrected chi connectivity index (χ0v) is 7.50. The SMILES string of the molecule is Cc1c[nH]c2c(CC=O)cccc12. The van der Waals surface area contributed by atoms with Crippen LogP contribution in [-0.2, 0) is 11.2 Å². The summed E-state index contributed by atoms with van der Waals surface area (Å²) in [4.78, 5) is 13.6. The Hall–Kier alpha value is -1.57. The quantitative estimate of drug-likeness (QED) is 0.694. The van der Waals surface area contributed by atoms with Crippen molar-refractivity contribution in [1.82, 2.24) is 4.98 Å². The van der Waals surface area contributed by atoms with Crippen LogP contribution in [0.1, 0.15) is 11.1 Å². The van der Waals surface area contributed by atoms with E-state index < -0.39 is 0 Å². The first-order chi connectivity index (χ1) is 6.33. The minimum atomic E-state index is 0.483. The average molecular weight is 173 g/mol. The fourth-order valence-corrected chi connectivity index (χ4v) is 1.62. The van der Waals surface area contributed by atoms with Crippen LogP contribution in [0.3, 0.4) is 0 Å². The van der Waals surface area contributed by atoms with Crippen LogP contribution < -0.4 is 0 Å². The van der Waals surface area contributed by atoms with E-state index in [9.17, 15) is 4.79 Å². The van der Waals surface area contributed by atoms with E-state index in [4.69, 9.17) is 0 Å². The molecule has 0 saturated heterocycles. The highest BCUT2D eigenvalue weighted by molar-refractivity contribution is 5.87. The number of aromatic amines is 1. The van der Waals surface area contributed by atoms with E-state index in [1.165, 1.54) is 10.9 Å². The molecule has 1 aromatic heterocycles. The fraction of sp³-hybridized carbons (Fsp3) is 0.182. The minimum absolute atomic E-state index is 0.483. The zero-order valence-electron chi connectivity index (χ0n) is 7.50. The Bertz CT molecular complexity index is 442. The molecule has 2 nitrogen and oxygen atoms in total. The highest BCUT2D eigenvalue weighted by atomic mass is 16.1. The number of benzene rings is 1. The molecule has 0 amide bonds. The lowest BCUT2D eigenvalue weighted by molar-refractivity contribution is -0.107. The Morgan fingerprint density at radius 3 is 3.08 bits per heavy atom. The largest absolute Gasteiger partial charge is 0.361 e. The molecule has 1 N–H and O–H groups in total. The number of H-pyrrole nitrogens is 1. The molecule has 0 unspecified atom stereocenters. The number of carbonyl (C=O) groups excluding carboxylic acids is 1. The minimum Gasteiger partial charge on any atom is -0.361 e. The van der Waals surface area contributed by atoms with Crippen LogP contribution in [0.5, 0.6) is 0 Å². The van der Waals surface area contributed by atoms with Crippen LogP contribution in [0.25, 0.3) is 10.9 Å². The van der Waals surface area contributed by atoms with Gasteiger partial charge in [-0.2, -0.15) is 0 Å². The number of aromatic nitrogens is 1. The number of para-hydroxylation sites is 1. The average Bonchev–Trinajstić information content (AvgIpc) is 2.50. The van der Waals surface area contributed by atoms with Crippen LogP contribution in [0.2, 0.25) is 0 Å². The van der Waals surface area contributed by atoms with Crippen molar-refractivity contribution < 1.29 is 4.79 Å². The molecule has 0 saturated carbocycles. The van der Waals surface area contributed by atoms with Gasteiger partial charge in [0.05, 0.1) is 0 Å². The number of hydrogen-bond donors (Lipinski definition) is 1. The zero-order chi connectivity index (χ0) is 9.26. The molecule has 0 atom stereocenters. The van der Waals surface area contributed by atoms with Crippen LogP contribution in [0, 0.1) is 6.92 Å². The van der Waals surface area contributed by atoms with Crippen molar-refractivity contribution in [2.45, 2.75) is 13.3 Å². The molecule has 0 aliphatic rings. The van der Waals surface area contributed by atoms with Gasteiger partial charge in [-0.05, 0) is 18.1 Å². The summed E-state index contributed by atoms with van der Waals surface area (Å²) in [5.74, 6) is 0. The number of aryl methyl sites for hydroxylation is 1. The van der Waals surface area contributed by atoms with Crippen molar-refractivity contribution in [2.24, 2.45) is 0 Å². The van der Waals surface area contributed by atoms with Crippen LogP contribution in [0.15, 0.2) is 24.4 Å². The van der Waals surface area contributed by atoms with Crippen LogP contribution >= 0.6 is 0 Å². The van der Waals surface area contributed by atoms with Gasteiger partial charge < -0.3 is 9.78 Å². The summed E-state index contributed by atoms with van der Waals surface area (Å²) in [6.45, 7) is 2.06. The van der Waals surface area contributed by atoms with E-state index in [1.807, 2.05) is 18.3 Å². The first kappa shape index (κ1) is 8.05. The number of carbonyl (C=O) groups is 1. The van der Waals surface area contributed by atoms with Gasteiger partial charge in [0.1, 0.15) is 6.29 Å². The van der Waals surface area contributed by atoms with Gasteiger partial charge in [0.15, 0.2) is 0 Å². The summed E-state index contributed by atoms with van der Waals surface area (Å²) >= 11 is 0. The van der Waals surface area contributed by atoms with E-state index in [0.29, 0.717) is 6.42 Å². The second kappa shape index (κ2) is 3.05. The highest BCUT2D eigenvalue weighted by Crippen LogP contribution is 2.20. The predicted octanol–water partition coefficient (Wildman–Crippen LogP) is 2.22. The topological polar surface area (TPSA) is 32.9 Å². The summed E-state index contributed by atoms with van der Waals surface area (Å²) in [6.07, 6.45) is 3.39. The molecule has 0 radical (unpaired) electrons. The van der Waals surface area contributed by atoms with E-state index in [0.717, 1.165) is 17.4 Å². The van der Waals surface area contributed by atoms with Crippen molar-refractivity contribution in [3.63, 3.8) is 0 Å². The molecule has 2 aromatic rings. The Labute approximate surface area is 76.6 Å². The Kier molecular flexibility index (Phi) is 1.89. The maximum absolute atomic E-state index is 10.4. The van der Waals surface area contributed by atoms with Gasteiger partial charge in [-0.3, -0.25) is 0 Å². The second-order valence-electron chi connectivity index (χ2n) is 3.18. The molecule has 13 heavy (non-hydrogen) atoms. The van der Waals surface area contributed by atoms with Crippen LogP contribution in [-0.4, -0.2) is 11.3 Å². The summed E-state index contributed by atoms with van der Waals surface area (Å²) < 4.78 is 0. The number of rotatable bonds is 2. The third-order valence-corrected chi connectivity index (χ3v) is 2.31. The van der Waals surface area contributed by atoms with E-state index in [1.54, 1.807) is 0 Å². The molecular formula is C11H11NO. The highest BCUT2D eigenvalue weighted by Gasteiger charge is 2.03. The number of nitrogens with one attached hydrogen (secondary N) is 1. The maximum Gasteiger partial charge on any atom is 0.124 e. The molecule has 0 aliphatic carbocycles. The van der Waals surface area contributed by atoms with Crippen molar-refractivity contribution >= 4 is 17.2 Å². The summed E-state index contributed by atoms with van der Waals surface area (Å²) in [6, 6.07) is 6.03. The molecule has 0 bridgehead atoms. The number of aldehydes is 1. The standard InChI is InChI=1S/C11H11NO/c1-8-7-12-11-9(5-6-13)3-2-4-10(8)11/h2-4,6-7,12H,5H2,1H3. The molecule has 1 aromatic carbocycles. The van der Waals surface area contributed by atoms with Crippen molar-refractivity contribution in [2.75, 3.05) is 0 Å². The lowest BCUT2D eigenvalue weighted by atomic mass is 10.1. The Morgan fingerprint density at radius 1 is 1.46 bits per heavy atom. The van der Waals surface area contributed by atoms with Gasteiger partial charge in [0.2, 0.25) is 0 Å². The molecule has 2 rings (SSSR count). The Balaban J connectivity index is 2.69. The van der Waals surface area contributed by atoms with Gasteiger partial charge in [-0.15, -0.1) is 0 Å². The van der Waals surface area contributed by atoms with Gasteiger partial charge in [0.25, 0.3) is 0 Å². The second-order valence-corrected chi connectivity index (χ2v) is 3.18. The molecule has 2 heteroatoms. The molecule has 0 aliphatic heterocycles. The normalized spacial score (nSPS) is 10.5. The van der Waals surface area contributed by atoms with Gasteiger partial charge in [-0.1, -0.05) is 18.2 Å². The van der Waals surface area contributed by atoms with Crippen LogP contribution in [0.4, 0.5) is 0 Å². The molecule has 0 spiro atoms. The monoisotopic (exact) mass is 173 g/mol. The van der Waals surface area contributed by atoms with E-state index in [-0.39, 0.29) is 0 Å². The number of hydrogen-bond acceptors (Lipinski definition) is 1. The Morgan fingerprint density at radius 2 is 2.31 bits per heavy atom. The van der Waals surface area contributed by atoms with Gasteiger partial charge in [0, 0.05) is 23.5 Å². The van der Waals surface area contributed by atoms with Gasteiger partial charge in [-0.25, -0.2) is 0 Å². The van der Waals surface area contributed by atoms with Crippen molar-refractivity contribution in [3.8, 4) is 0 Å². The smallest absolute Gasteiger partial charge is 0.124 e. The summed E-state index contributed by atoms with van der Waals surface area (Å²) in [5.41, 5.74) is 3.38. The van der Waals surface area contributed by atoms with Gasteiger partial charge >= 0.3 is 0 Å². The fourth-order valence-electron chi connectivity index (χ4n) is 1.62. The van der Waals surface area contributed by atoms with Crippen molar-refractivity contribution in [3.05, 3.63) is 35.5 Å². The predicted molar refractivity (Wildman–Crippen MR) is 52.8 cm³/mol. The third-order valence-electron chi connectivity index (χ3n) is 2.31. The van der Waals surface area contributed by atoms with Crippen molar-refractivity contribution in [1.29, 1.82) is 0 Å². The first-order valence-corrected chi connectivity index (χ1v) is 4.32. The first-order valence-electron chi connectivity index (χ1n) is 4.32. The maximum atomic E-state index is 10.4. The molecule has 1 heterocycles.